The summed E-state index contributed by atoms with van der Waals surface area (Å²) >= 11 is 0. The zero-order chi connectivity index (χ0) is 8.93. The number of aliphatic hydroxyl groups excluding tert-OH is 1. The predicted molar refractivity (Wildman–Crippen MR) is 45.6 cm³/mol. The third-order valence-corrected chi connectivity index (χ3v) is 3.57. The van der Waals surface area contributed by atoms with Crippen LogP contribution in [0.25, 0.3) is 0 Å². The van der Waals surface area contributed by atoms with Gasteiger partial charge in [-0.2, -0.15) is 0 Å². The van der Waals surface area contributed by atoms with E-state index in [1.807, 2.05) is 0 Å². The third-order valence-electron chi connectivity index (χ3n) is 3.57. The Morgan fingerprint density at radius 3 is 2.67 bits per heavy atom. The highest BCUT2D eigenvalue weighted by atomic mass is 16.3. The molecule has 3 aliphatic carbocycles. The fraction of sp³-hybridized carbons (Fsp3) is 0.700. The minimum atomic E-state index is 0.0482. The van der Waals surface area contributed by atoms with Gasteiger partial charge in [-0.3, -0.25) is 4.79 Å². The molecule has 0 aliphatic heterocycles. The lowest BCUT2D eigenvalue weighted by Crippen LogP contribution is -2.52. The van der Waals surface area contributed by atoms with E-state index in [2.05, 4.69) is 13.8 Å². The minimum Gasteiger partial charge on any atom is -0.392 e. The van der Waals surface area contributed by atoms with Crippen molar-refractivity contribution >= 4 is 5.78 Å². The van der Waals surface area contributed by atoms with Gasteiger partial charge in [-0.1, -0.05) is 13.8 Å². The Labute approximate surface area is 72.3 Å². The monoisotopic (exact) mass is 166 g/mol. The molecule has 0 amide bonds. The number of aliphatic hydroxyl groups is 1. The average molecular weight is 166 g/mol. The first-order chi connectivity index (χ1) is 5.57. The van der Waals surface area contributed by atoms with Crippen LogP contribution in [0.4, 0.5) is 0 Å². The minimum absolute atomic E-state index is 0.0482. The highest BCUT2D eigenvalue weighted by Crippen LogP contribution is 2.57. The molecule has 0 radical (unpaired) electrons. The topological polar surface area (TPSA) is 37.3 Å². The molecule has 1 saturated carbocycles. The van der Waals surface area contributed by atoms with E-state index in [-0.39, 0.29) is 23.7 Å². The highest BCUT2D eigenvalue weighted by molar-refractivity contribution is 5.96. The zero-order valence-electron chi connectivity index (χ0n) is 7.50. The lowest BCUT2D eigenvalue weighted by molar-refractivity contribution is -0.134. The summed E-state index contributed by atoms with van der Waals surface area (Å²) in [4.78, 5) is 11.4. The number of ketones is 1. The lowest BCUT2D eigenvalue weighted by atomic mass is 9.48. The molecule has 2 heteroatoms. The van der Waals surface area contributed by atoms with E-state index in [0.717, 1.165) is 12.0 Å². The first-order valence-corrected chi connectivity index (χ1v) is 4.42. The smallest absolute Gasteiger partial charge is 0.159 e. The van der Waals surface area contributed by atoms with E-state index in [0.29, 0.717) is 5.92 Å². The standard InChI is InChI=1S/C10H14O2/c1-10(2)7-4-8(10)9(12)3-6(7)5-11/h3,7-8,11H,4-5H2,1-2H3. The summed E-state index contributed by atoms with van der Waals surface area (Å²) in [5.41, 5.74) is 1.04. The summed E-state index contributed by atoms with van der Waals surface area (Å²) in [6.45, 7) is 4.28. The second kappa shape index (κ2) is 2.19. The van der Waals surface area contributed by atoms with E-state index in [1.165, 1.54) is 0 Å². The maximum Gasteiger partial charge on any atom is 0.159 e. The third kappa shape index (κ3) is 0.761. The molecule has 0 spiro atoms. The Bertz CT molecular complexity index is 263. The Morgan fingerprint density at radius 2 is 2.25 bits per heavy atom. The van der Waals surface area contributed by atoms with Crippen LogP contribution >= 0.6 is 0 Å². The van der Waals surface area contributed by atoms with Gasteiger partial charge in [0.15, 0.2) is 5.78 Å². The van der Waals surface area contributed by atoms with Crippen molar-refractivity contribution in [2.75, 3.05) is 6.61 Å². The van der Waals surface area contributed by atoms with Crippen LogP contribution in [0.2, 0.25) is 0 Å². The van der Waals surface area contributed by atoms with E-state index in [9.17, 15) is 4.79 Å². The van der Waals surface area contributed by atoms with Gasteiger partial charge in [-0.05, 0) is 29.4 Å². The van der Waals surface area contributed by atoms with Gasteiger partial charge in [0, 0.05) is 5.92 Å². The second-order valence-electron chi connectivity index (χ2n) is 4.44. The molecule has 0 heterocycles. The van der Waals surface area contributed by atoms with Crippen molar-refractivity contribution in [3.05, 3.63) is 11.6 Å². The number of carbonyl (C=O) groups is 1. The average Bonchev–Trinajstić information content (AvgIpc) is 2.02. The van der Waals surface area contributed by atoms with E-state index < -0.39 is 0 Å². The summed E-state index contributed by atoms with van der Waals surface area (Å²) < 4.78 is 0. The maximum atomic E-state index is 11.4. The Hall–Kier alpha value is -0.630. The van der Waals surface area contributed by atoms with E-state index in [4.69, 9.17) is 5.11 Å². The molecule has 3 aliphatic rings. The molecule has 0 saturated heterocycles. The summed E-state index contributed by atoms with van der Waals surface area (Å²) in [7, 11) is 0. The van der Waals surface area contributed by atoms with Crippen LogP contribution < -0.4 is 0 Å². The highest BCUT2D eigenvalue weighted by Gasteiger charge is 2.54. The first-order valence-electron chi connectivity index (χ1n) is 4.42. The fourth-order valence-corrected chi connectivity index (χ4v) is 2.58. The molecule has 0 aromatic heterocycles. The molecule has 0 aromatic rings. The van der Waals surface area contributed by atoms with Gasteiger partial charge >= 0.3 is 0 Å². The van der Waals surface area contributed by atoms with Crippen LogP contribution in [0.15, 0.2) is 11.6 Å². The number of fused-ring (bicyclic) bond motifs is 1. The fourth-order valence-electron chi connectivity index (χ4n) is 2.58. The van der Waals surface area contributed by atoms with Crippen molar-refractivity contribution in [1.82, 2.24) is 0 Å². The number of allylic oxidation sites excluding steroid dienone is 1. The van der Waals surface area contributed by atoms with Crippen molar-refractivity contribution < 1.29 is 9.90 Å². The number of rotatable bonds is 1. The molecule has 1 N–H and O–H groups in total. The normalized spacial score (nSPS) is 37.2. The van der Waals surface area contributed by atoms with Crippen LogP contribution in [0.3, 0.4) is 0 Å². The van der Waals surface area contributed by atoms with Crippen LogP contribution in [-0.2, 0) is 4.79 Å². The Morgan fingerprint density at radius 1 is 1.58 bits per heavy atom. The van der Waals surface area contributed by atoms with Crippen LogP contribution in [0.1, 0.15) is 20.3 Å². The van der Waals surface area contributed by atoms with Gasteiger partial charge in [0.2, 0.25) is 0 Å². The molecule has 2 nitrogen and oxygen atoms in total. The quantitative estimate of drug-likeness (QED) is 0.634. The van der Waals surface area contributed by atoms with Crippen molar-refractivity contribution in [2.45, 2.75) is 20.3 Å². The molecule has 0 aromatic carbocycles. The molecule has 1 fully saturated rings. The molecular formula is C10H14O2. The van der Waals surface area contributed by atoms with Crippen molar-refractivity contribution in [3.63, 3.8) is 0 Å². The van der Waals surface area contributed by atoms with Gasteiger partial charge < -0.3 is 5.11 Å². The Kier molecular flexibility index (Phi) is 1.46. The number of hydrogen-bond donors (Lipinski definition) is 1. The molecule has 66 valence electrons. The van der Waals surface area contributed by atoms with E-state index >= 15 is 0 Å². The number of carbonyl (C=O) groups excluding carboxylic acids is 1. The summed E-state index contributed by atoms with van der Waals surface area (Å²) in [6.07, 6.45) is 2.60. The number of hydrogen-bond acceptors (Lipinski definition) is 2. The van der Waals surface area contributed by atoms with Gasteiger partial charge in [0.1, 0.15) is 0 Å². The summed E-state index contributed by atoms with van der Waals surface area (Å²) in [6, 6.07) is 0. The lowest BCUT2D eigenvalue weighted by Gasteiger charge is -2.54. The maximum absolute atomic E-state index is 11.4. The molecule has 3 rings (SSSR count). The molecule has 12 heavy (non-hydrogen) atoms. The van der Waals surface area contributed by atoms with Crippen LogP contribution in [0.5, 0.6) is 0 Å². The summed E-state index contributed by atoms with van der Waals surface area (Å²) in [5, 5.41) is 9.02. The van der Waals surface area contributed by atoms with Gasteiger partial charge in [0.25, 0.3) is 0 Å². The molecule has 2 atom stereocenters. The first kappa shape index (κ1) is 7.99. The van der Waals surface area contributed by atoms with Crippen LogP contribution in [0, 0.1) is 17.3 Å². The molecule has 2 bridgehead atoms. The van der Waals surface area contributed by atoms with Crippen molar-refractivity contribution in [3.8, 4) is 0 Å². The largest absolute Gasteiger partial charge is 0.392 e. The molecular weight excluding hydrogens is 152 g/mol. The van der Waals surface area contributed by atoms with Gasteiger partial charge in [-0.15, -0.1) is 0 Å². The van der Waals surface area contributed by atoms with Gasteiger partial charge in [0.05, 0.1) is 6.61 Å². The zero-order valence-corrected chi connectivity index (χ0v) is 7.50. The van der Waals surface area contributed by atoms with Gasteiger partial charge in [-0.25, -0.2) is 0 Å². The van der Waals surface area contributed by atoms with E-state index in [1.54, 1.807) is 6.08 Å². The Balaban J connectivity index is 2.36. The van der Waals surface area contributed by atoms with Crippen molar-refractivity contribution in [1.29, 1.82) is 0 Å². The summed E-state index contributed by atoms with van der Waals surface area (Å²) in [5.74, 6) is 0.884. The second-order valence-corrected chi connectivity index (χ2v) is 4.44. The molecule has 2 unspecified atom stereocenters. The predicted octanol–water partition coefficient (Wildman–Crippen LogP) is 1.15. The van der Waals surface area contributed by atoms with Crippen molar-refractivity contribution in [2.24, 2.45) is 17.3 Å². The SMILES string of the molecule is CC1(C)C2CC1C(CO)=CC2=O. The van der Waals surface area contributed by atoms with Crippen LogP contribution in [-0.4, -0.2) is 17.5 Å².